The molecule has 3 aromatic rings. The molecule has 2 saturated heterocycles. The molecule has 0 saturated carbocycles. The Labute approximate surface area is 172 Å². The molecule has 1 aromatic heterocycles. The lowest BCUT2D eigenvalue weighted by Gasteiger charge is -2.26. The fourth-order valence-corrected chi connectivity index (χ4v) is 4.17. The monoisotopic (exact) mass is 409 g/mol. The van der Waals surface area contributed by atoms with Crippen molar-refractivity contribution in [1.29, 1.82) is 0 Å². The van der Waals surface area contributed by atoms with E-state index in [-0.39, 0.29) is 24.3 Å². The maximum absolute atomic E-state index is 12.3. The van der Waals surface area contributed by atoms with Crippen LogP contribution in [0.2, 0.25) is 0 Å². The van der Waals surface area contributed by atoms with E-state index in [9.17, 15) is 4.79 Å². The van der Waals surface area contributed by atoms with Gasteiger partial charge < -0.3 is 14.2 Å². The topological polar surface area (TPSA) is 67.5 Å². The summed E-state index contributed by atoms with van der Waals surface area (Å²) in [5.41, 5.74) is 1.79. The first kappa shape index (κ1) is 18.2. The van der Waals surface area contributed by atoms with Crippen LogP contribution in [-0.2, 0) is 14.3 Å². The number of carbonyl (C=O) groups excluding carboxylic acids is 1. The number of para-hydroxylation sites is 1. The summed E-state index contributed by atoms with van der Waals surface area (Å²) in [5.74, 6) is 1.38. The highest BCUT2D eigenvalue weighted by molar-refractivity contribution is 7.71. The molecule has 2 aliphatic heterocycles. The molecule has 0 radical (unpaired) electrons. The number of ketones is 1. The van der Waals surface area contributed by atoms with E-state index in [4.69, 9.17) is 31.5 Å². The second kappa shape index (κ2) is 7.22. The quantitative estimate of drug-likeness (QED) is 0.616. The van der Waals surface area contributed by atoms with E-state index in [2.05, 4.69) is 0 Å². The van der Waals surface area contributed by atoms with Gasteiger partial charge in [0, 0.05) is 17.7 Å². The van der Waals surface area contributed by atoms with Crippen LogP contribution in [0.4, 0.5) is 0 Å². The third kappa shape index (κ3) is 3.09. The summed E-state index contributed by atoms with van der Waals surface area (Å²) in [4.78, 5) is 12.3. The molecular formula is C21H19N3O4S. The van der Waals surface area contributed by atoms with E-state index >= 15 is 0 Å². The number of ether oxygens (including phenoxy) is 3. The van der Waals surface area contributed by atoms with E-state index in [0.717, 1.165) is 17.0 Å². The average molecular weight is 409 g/mol. The average Bonchev–Trinajstić information content (AvgIpc) is 3.34. The summed E-state index contributed by atoms with van der Waals surface area (Å²) in [6.45, 7) is 0.360. The number of fused-ring (bicyclic) bond motifs is 2. The van der Waals surface area contributed by atoms with Crippen LogP contribution < -0.4 is 4.74 Å². The number of hydrogen-bond acceptors (Lipinski definition) is 6. The van der Waals surface area contributed by atoms with Gasteiger partial charge in [-0.1, -0.05) is 18.2 Å². The maximum Gasteiger partial charge on any atom is 0.218 e. The lowest BCUT2D eigenvalue weighted by Crippen LogP contribution is -2.37. The van der Waals surface area contributed by atoms with Gasteiger partial charge in [0.25, 0.3) is 0 Å². The zero-order valence-electron chi connectivity index (χ0n) is 15.7. The highest BCUT2D eigenvalue weighted by Crippen LogP contribution is 2.34. The Morgan fingerprint density at radius 2 is 1.90 bits per heavy atom. The molecule has 0 spiro atoms. The van der Waals surface area contributed by atoms with Crippen LogP contribution in [-0.4, -0.2) is 46.2 Å². The predicted molar refractivity (Wildman–Crippen MR) is 108 cm³/mol. The van der Waals surface area contributed by atoms with Crippen molar-refractivity contribution in [3.05, 3.63) is 59.4 Å². The largest absolute Gasteiger partial charge is 0.497 e. The van der Waals surface area contributed by atoms with Crippen LogP contribution in [0.25, 0.3) is 17.1 Å². The second-order valence-corrected chi connectivity index (χ2v) is 7.39. The van der Waals surface area contributed by atoms with Crippen molar-refractivity contribution < 1.29 is 19.0 Å². The van der Waals surface area contributed by atoms with E-state index in [1.54, 1.807) is 11.8 Å². The van der Waals surface area contributed by atoms with Gasteiger partial charge in [0.05, 0.1) is 19.8 Å². The van der Waals surface area contributed by atoms with Gasteiger partial charge in [-0.25, -0.2) is 4.68 Å². The van der Waals surface area contributed by atoms with Crippen molar-refractivity contribution in [3.63, 3.8) is 0 Å². The smallest absolute Gasteiger partial charge is 0.218 e. The normalized spacial score (nSPS) is 23.3. The number of rotatable bonds is 4. The number of aromatic nitrogens is 3. The lowest BCUT2D eigenvalue weighted by atomic mass is 10.0. The zero-order chi connectivity index (χ0) is 20.0. The molecule has 3 atom stereocenters. The minimum absolute atomic E-state index is 0.0779. The SMILES string of the molecule is COc1ccc(-c2nn(C3CC(=O)C4OCC3O4)c(=S)n2-c2ccccc2)cc1. The summed E-state index contributed by atoms with van der Waals surface area (Å²) in [6, 6.07) is 17.2. The molecule has 29 heavy (non-hydrogen) atoms. The van der Waals surface area contributed by atoms with Crippen LogP contribution in [0.5, 0.6) is 5.75 Å². The van der Waals surface area contributed by atoms with Crippen LogP contribution in [0.3, 0.4) is 0 Å². The van der Waals surface area contributed by atoms with Crippen molar-refractivity contribution in [2.45, 2.75) is 24.9 Å². The van der Waals surface area contributed by atoms with Crippen LogP contribution in [0.1, 0.15) is 12.5 Å². The molecule has 2 fully saturated rings. The van der Waals surface area contributed by atoms with E-state index in [0.29, 0.717) is 17.2 Å². The molecule has 2 aromatic carbocycles. The van der Waals surface area contributed by atoms with Gasteiger partial charge in [-0.05, 0) is 48.6 Å². The van der Waals surface area contributed by atoms with Crippen molar-refractivity contribution >= 4 is 18.0 Å². The number of nitrogens with zero attached hydrogens (tertiary/aromatic N) is 3. The molecule has 5 rings (SSSR count). The summed E-state index contributed by atoms with van der Waals surface area (Å²) in [6.07, 6.45) is -0.702. The number of benzene rings is 2. The molecule has 0 aliphatic carbocycles. The molecular weight excluding hydrogens is 390 g/mol. The van der Waals surface area contributed by atoms with Crippen molar-refractivity contribution in [2.24, 2.45) is 0 Å². The summed E-state index contributed by atoms with van der Waals surface area (Å²) in [5, 5.41) is 4.83. The highest BCUT2D eigenvalue weighted by Gasteiger charge is 2.45. The Bertz CT molecular complexity index is 1110. The molecule has 0 amide bonds. The third-order valence-electron chi connectivity index (χ3n) is 5.29. The van der Waals surface area contributed by atoms with Crippen LogP contribution in [0, 0.1) is 4.77 Å². The number of Topliss-reactive ketones (excluding diaryl/α,β-unsaturated/α-hetero) is 1. The Hall–Kier alpha value is -2.81. The fourth-order valence-electron chi connectivity index (χ4n) is 3.80. The summed E-state index contributed by atoms with van der Waals surface area (Å²) >= 11 is 5.81. The van der Waals surface area contributed by atoms with E-state index in [1.165, 1.54) is 0 Å². The number of carbonyl (C=O) groups is 1. The molecule has 7 nitrogen and oxygen atoms in total. The van der Waals surface area contributed by atoms with Crippen molar-refractivity contribution in [1.82, 2.24) is 14.3 Å². The second-order valence-electron chi connectivity index (χ2n) is 7.03. The van der Waals surface area contributed by atoms with Gasteiger partial charge in [-0.2, -0.15) is 5.10 Å². The molecule has 3 heterocycles. The zero-order valence-corrected chi connectivity index (χ0v) is 16.5. The van der Waals surface area contributed by atoms with Gasteiger partial charge in [0.2, 0.25) is 11.1 Å². The van der Waals surface area contributed by atoms with Crippen molar-refractivity contribution in [3.8, 4) is 22.8 Å². The van der Waals surface area contributed by atoms with Gasteiger partial charge in [-0.3, -0.25) is 9.36 Å². The minimum atomic E-state index is -0.748. The molecule has 2 aliphatic rings. The van der Waals surface area contributed by atoms with Gasteiger partial charge in [-0.15, -0.1) is 0 Å². The van der Waals surface area contributed by atoms with Gasteiger partial charge >= 0.3 is 0 Å². The van der Waals surface area contributed by atoms with Gasteiger partial charge in [0.15, 0.2) is 11.6 Å². The number of hydrogen-bond donors (Lipinski definition) is 0. The molecule has 0 N–H and O–H groups in total. The molecule has 3 unspecified atom stereocenters. The number of methoxy groups -OCH3 is 1. The molecule has 148 valence electrons. The van der Waals surface area contributed by atoms with Crippen molar-refractivity contribution in [2.75, 3.05) is 13.7 Å². The lowest BCUT2D eigenvalue weighted by molar-refractivity contribution is -0.156. The first-order valence-electron chi connectivity index (χ1n) is 9.37. The summed E-state index contributed by atoms with van der Waals surface area (Å²) < 4.78 is 20.6. The Morgan fingerprint density at radius 3 is 2.62 bits per heavy atom. The highest BCUT2D eigenvalue weighted by atomic mass is 32.1. The van der Waals surface area contributed by atoms with Crippen LogP contribution in [0.15, 0.2) is 54.6 Å². The Balaban J connectivity index is 1.66. The first-order valence-corrected chi connectivity index (χ1v) is 9.77. The van der Waals surface area contributed by atoms with E-state index < -0.39 is 6.29 Å². The fraction of sp³-hybridized carbons (Fsp3) is 0.286. The third-order valence-corrected chi connectivity index (χ3v) is 5.66. The minimum Gasteiger partial charge on any atom is -0.497 e. The van der Waals surface area contributed by atoms with Crippen LogP contribution >= 0.6 is 12.2 Å². The molecule has 2 bridgehead atoms. The van der Waals surface area contributed by atoms with Gasteiger partial charge in [0.1, 0.15) is 11.9 Å². The first-order chi connectivity index (χ1) is 14.2. The predicted octanol–water partition coefficient (Wildman–Crippen LogP) is 3.33. The van der Waals surface area contributed by atoms with E-state index in [1.807, 2.05) is 59.2 Å². The molecule has 8 heteroatoms. The Kier molecular flexibility index (Phi) is 4.54. The standard InChI is InChI=1S/C21H19N3O4S/c1-26-15-9-7-13(8-10-15)19-22-24(16-11-17(25)20-27-12-18(16)28-20)21(29)23(19)14-5-3-2-4-6-14/h2-10,16,18,20H,11-12H2,1H3. The maximum atomic E-state index is 12.3. The Morgan fingerprint density at radius 1 is 1.14 bits per heavy atom. The summed E-state index contributed by atoms with van der Waals surface area (Å²) in [7, 11) is 1.63.